The van der Waals surface area contributed by atoms with Gasteiger partial charge in [-0.2, -0.15) is 5.10 Å². The molecule has 0 atom stereocenters. The maximum Gasteiger partial charge on any atom is 0.281 e. The topological polar surface area (TPSA) is 41.5 Å². The molecule has 4 heteroatoms. The van der Waals surface area contributed by atoms with Crippen LogP contribution in [0, 0.1) is 0 Å². The van der Waals surface area contributed by atoms with Gasteiger partial charge in [-0.3, -0.25) is 4.79 Å². The highest BCUT2D eigenvalue weighted by molar-refractivity contribution is 7.12. The largest absolute Gasteiger partial charge is 0.281 e. The molecule has 0 spiro atoms. The maximum atomic E-state index is 11.8. The van der Waals surface area contributed by atoms with Gasteiger partial charge < -0.3 is 0 Å². The van der Waals surface area contributed by atoms with Crippen LogP contribution >= 0.6 is 11.3 Å². The van der Waals surface area contributed by atoms with Crippen molar-refractivity contribution >= 4 is 23.0 Å². The number of nitrogens with zero attached hydrogens (tertiary/aromatic N) is 1. The van der Waals surface area contributed by atoms with Crippen molar-refractivity contribution < 1.29 is 4.79 Å². The van der Waals surface area contributed by atoms with Crippen molar-refractivity contribution in [3.8, 4) is 0 Å². The molecule has 3 nitrogen and oxygen atoms in total. The summed E-state index contributed by atoms with van der Waals surface area (Å²) in [4.78, 5) is 12.5. The Morgan fingerprint density at radius 1 is 1.21 bits per heavy atom. The molecule has 98 valence electrons. The first-order chi connectivity index (χ1) is 9.31. The number of benzene rings is 1. The number of hydrogen-bond acceptors (Lipinski definition) is 3. The van der Waals surface area contributed by atoms with E-state index in [1.165, 1.54) is 11.3 Å². The van der Waals surface area contributed by atoms with Crippen LogP contribution in [0.4, 0.5) is 0 Å². The standard InChI is InChI=1S/C15H16N2OS/c1-2-7-13(12-8-4-3-5-9-12)16-17-15(18)14-10-6-11-19-14/h3-6,8-11H,2,7H2,1H3,(H,17,18)/b16-13+. The number of hydrogen-bond donors (Lipinski definition) is 1. The maximum absolute atomic E-state index is 11.8. The van der Waals surface area contributed by atoms with Gasteiger partial charge in [0.05, 0.1) is 10.6 Å². The van der Waals surface area contributed by atoms with Crippen LogP contribution in [0.1, 0.15) is 35.0 Å². The second-order valence-corrected chi connectivity index (χ2v) is 5.04. The average Bonchev–Trinajstić information content (AvgIpc) is 2.98. The zero-order chi connectivity index (χ0) is 13.5. The molecule has 1 aromatic carbocycles. The van der Waals surface area contributed by atoms with Gasteiger partial charge in [0.2, 0.25) is 0 Å². The number of rotatable bonds is 5. The number of hydrazone groups is 1. The summed E-state index contributed by atoms with van der Waals surface area (Å²) in [5.74, 6) is -0.153. The van der Waals surface area contributed by atoms with Crippen LogP contribution in [0.5, 0.6) is 0 Å². The van der Waals surface area contributed by atoms with E-state index in [2.05, 4.69) is 17.5 Å². The van der Waals surface area contributed by atoms with Crippen molar-refractivity contribution in [2.75, 3.05) is 0 Å². The summed E-state index contributed by atoms with van der Waals surface area (Å²) in [6, 6.07) is 13.6. The average molecular weight is 272 g/mol. The summed E-state index contributed by atoms with van der Waals surface area (Å²) >= 11 is 1.41. The molecule has 0 aliphatic rings. The molecule has 0 saturated carbocycles. The van der Waals surface area contributed by atoms with Crippen molar-refractivity contribution in [2.24, 2.45) is 5.10 Å². The van der Waals surface area contributed by atoms with E-state index in [4.69, 9.17) is 0 Å². The quantitative estimate of drug-likeness (QED) is 0.654. The predicted molar refractivity (Wildman–Crippen MR) is 79.7 cm³/mol. The van der Waals surface area contributed by atoms with E-state index in [0.29, 0.717) is 4.88 Å². The van der Waals surface area contributed by atoms with Crippen LogP contribution in [0.15, 0.2) is 52.9 Å². The Morgan fingerprint density at radius 2 is 2.00 bits per heavy atom. The molecule has 2 aromatic rings. The Hall–Kier alpha value is -1.94. The molecule has 0 unspecified atom stereocenters. The van der Waals surface area contributed by atoms with Crippen molar-refractivity contribution in [3.63, 3.8) is 0 Å². The second-order valence-electron chi connectivity index (χ2n) is 4.09. The zero-order valence-electron chi connectivity index (χ0n) is 10.8. The van der Waals surface area contributed by atoms with Crippen LogP contribution < -0.4 is 5.43 Å². The van der Waals surface area contributed by atoms with Gasteiger partial charge in [-0.05, 0) is 23.4 Å². The number of thiophene rings is 1. The Balaban J connectivity index is 2.11. The minimum absolute atomic E-state index is 0.153. The molecule has 0 aliphatic carbocycles. The van der Waals surface area contributed by atoms with Crippen LogP contribution in [-0.4, -0.2) is 11.6 Å². The van der Waals surface area contributed by atoms with Crippen LogP contribution in [0.3, 0.4) is 0 Å². The van der Waals surface area contributed by atoms with E-state index in [1.54, 1.807) is 6.07 Å². The van der Waals surface area contributed by atoms with Gasteiger partial charge in [-0.25, -0.2) is 5.43 Å². The van der Waals surface area contributed by atoms with Crippen LogP contribution in [0.25, 0.3) is 0 Å². The predicted octanol–water partition coefficient (Wildman–Crippen LogP) is 3.68. The van der Waals surface area contributed by atoms with E-state index < -0.39 is 0 Å². The molecule has 0 bridgehead atoms. The van der Waals surface area contributed by atoms with Gasteiger partial charge in [0, 0.05) is 0 Å². The van der Waals surface area contributed by atoms with Crippen LogP contribution in [-0.2, 0) is 0 Å². The fourth-order valence-electron chi connectivity index (χ4n) is 1.71. The molecule has 0 radical (unpaired) electrons. The third-order valence-corrected chi connectivity index (χ3v) is 3.50. The summed E-state index contributed by atoms with van der Waals surface area (Å²) in [5, 5.41) is 6.14. The number of carbonyl (C=O) groups excluding carboxylic acids is 1. The minimum Gasteiger partial charge on any atom is -0.266 e. The lowest BCUT2D eigenvalue weighted by Crippen LogP contribution is -2.19. The fourth-order valence-corrected chi connectivity index (χ4v) is 2.33. The summed E-state index contributed by atoms with van der Waals surface area (Å²) in [6.07, 6.45) is 1.83. The number of nitrogens with one attached hydrogen (secondary N) is 1. The van der Waals surface area contributed by atoms with Crippen LogP contribution in [0.2, 0.25) is 0 Å². The van der Waals surface area contributed by atoms with Gasteiger partial charge in [-0.15, -0.1) is 11.3 Å². The third kappa shape index (κ3) is 3.76. The second kappa shape index (κ2) is 6.85. The van der Waals surface area contributed by atoms with E-state index in [-0.39, 0.29) is 5.91 Å². The number of amides is 1. The summed E-state index contributed by atoms with van der Waals surface area (Å²) in [5.41, 5.74) is 4.59. The van der Waals surface area contributed by atoms with Gasteiger partial charge in [0.25, 0.3) is 5.91 Å². The molecule has 19 heavy (non-hydrogen) atoms. The van der Waals surface area contributed by atoms with Gasteiger partial charge in [0.15, 0.2) is 0 Å². The fraction of sp³-hybridized carbons (Fsp3) is 0.200. The third-order valence-electron chi connectivity index (χ3n) is 2.63. The summed E-state index contributed by atoms with van der Waals surface area (Å²) < 4.78 is 0. The SMILES string of the molecule is CCC/C(=N\NC(=O)c1cccs1)c1ccccc1. The Kier molecular flexibility index (Phi) is 4.86. The summed E-state index contributed by atoms with van der Waals surface area (Å²) in [7, 11) is 0. The zero-order valence-corrected chi connectivity index (χ0v) is 11.6. The van der Waals surface area contributed by atoms with E-state index >= 15 is 0 Å². The van der Waals surface area contributed by atoms with E-state index in [1.807, 2.05) is 41.8 Å². The first kappa shape index (κ1) is 13.5. The Morgan fingerprint density at radius 3 is 2.63 bits per heavy atom. The molecule has 0 saturated heterocycles. The molecule has 0 fully saturated rings. The molecule has 1 N–H and O–H groups in total. The molecular weight excluding hydrogens is 256 g/mol. The highest BCUT2D eigenvalue weighted by atomic mass is 32.1. The van der Waals surface area contributed by atoms with E-state index in [9.17, 15) is 4.79 Å². The normalized spacial score (nSPS) is 11.3. The molecule has 1 amide bonds. The van der Waals surface area contributed by atoms with Gasteiger partial charge >= 0.3 is 0 Å². The highest BCUT2D eigenvalue weighted by Gasteiger charge is 2.07. The lowest BCUT2D eigenvalue weighted by atomic mass is 10.1. The van der Waals surface area contributed by atoms with E-state index in [0.717, 1.165) is 24.1 Å². The lowest BCUT2D eigenvalue weighted by Gasteiger charge is -2.05. The van der Waals surface area contributed by atoms with Gasteiger partial charge in [-0.1, -0.05) is 49.7 Å². The highest BCUT2D eigenvalue weighted by Crippen LogP contribution is 2.09. The molecular formula is C15H16N2OS. The van der Waals surface area contributed by atoms with Gasteiger partial charge in [0.1, 0.15) is 0 Å². The van der Waals surface area contributed by atoms with Crippen molar-refractivity contribution in [2.45, 2.75) is 19.8 Å². The van der Waals surface area contributed by atoms with Crippen molar-refractivity contribution in [1.29, 1.82) is 0 Å². The first-order valence-corrected chi connectivity index (χ1v) is 7.15. The Bertz CT molecular complexity index is 547. The monoisotopic (exact) mass is 272 g/mol. The molecule has 1 aromatic heterocycles. The van der Waals surface area contributed by atoms with Crippen molar-refractivity contribution in [1.82, 2.24) is 5.43 Å². The first-order valence-electron chi connectivity index (χ1n) is 6.27. The summed E-state index contributed by atoms with van der Waals surface area (Å²) in [6.45, 7) is 2.10. The molecule has 1 heterocycles. The molecule has 0 aliphatic heterocycles. The lowest BCUT2D eigenvalue weighted by molar-refractivity contribution is 0.0959. The van der Waals surface area contributed by atoms with Crippen molar-refractivity contribution in [3.05, 3.63) is 58.3 Å². The number of carbonyl (C=O) groups is 1. The smallest absolute Gasteiger partial charge is 0.266 e. The molecule has 2 rings (SSSR count). The minimum atomic E-state index is -0.153. The Labute approximate surface area is 117 Å².